The van der Waals surface area contributed by atoms with Crippen LogP contribution >= 0.6 is 0 Å². The molecular formula is C13H19FN6. The van der Waals surface area contributed by atoms with Crippen molar-refractivity contribution in [2.45, 2.75) is 26.3 Å². The minimum absolute atomic E-state index is 0.235. The number of hydrogen-bond donors (Lipinski definition) is 2. The molecule has 20 heavy (non-hydrogen) atoms. The summed E-state index contributed by atoms with van der Waals surface area (Å²) in [6.07, 6.45) is 6.62. The molecule has 7 heteroatoms. The Balaban J connectivity index is 1.81. The van der Waals surface area contributed by atoms with Crippen LogP contribution in [0.25, 0.3) is 0 Å². The fraction of sp³-hybridized carbons (Fsp3) is 0.462. The molecule has 0 aliphatic heterocycles. The summed E-state index contributed by atoms with van der Waals surface area (Å²) in [5, 5.41) is 10.1. The van der Waals surface area contributed by atoms with Crippen LogP contribution in [0.1, 0.15) is 19.8 Å². The van der Waals surface area contributed by atoms with Crippen LogP contribution in [-0.2, 0) is 6.54 Å². The van der Waals surface area contributed by atoms with Gasteiger partial charge in [0.2, 0.25) is 5.95 Å². The zero-order valence-electron chi connectivity index (χ0n) is 11.5. The molecule has 0 aromatic carbocycles. The second-order valence-electron chi connectivity index (χ2n) is 4.37. The fourth-order valence-corrected chi connectivity index (χ4v) is 1.69. The Morgan fingerprint density at radius 3 is 2.95 bits per heavy atom. The van der Waals surface area contributed by atoms with Crippen LogP contribution < -0.4 is 10.6 Å². The van der Waals surface area contributed by atoms with Crippen LogP contribution in [0.4, 0.5) is 16.2 Å². The Morgan fingerprint density at radius 1 is 1.30 bits per heavy atom. The van der Waals surface area contributed by atoms with Crippen LogP contribution in [0, 0.1) is 5.82 Å². The quantitative estimate of drug-likeness (QED) is 0.724. The van der Waals surface area contributed by atoms with E-state index in [-0.39, 0.29) is 5.82 Å². The summed E-state index contributed by atoms with van der Waals surface area (Å²) < 4.78 is 15.4. The number of nitrogens with one attached hydrogen (secondary N) is 2. The third kappa shape index (κ3) is 4.18. The predicted octanol–water partition coefficient (Wildman–Crippen LogP) is 2.14. The number of hydrogen-bond acceptors (Lipinski definition) is 5. The molecule has 2 aromatic rings. The monoisotopic (exact) mass is 278 g/mol. The Labute approximate surface area is 117 Å². The molecule has 0 atom stereocenters. The van der Waals surface area contributed by atoms with Gasteiger partial charge >= 0.3 is 0 Å². The zero-order chi connectivity index (χ0) is 14.2. The van der Waals surface area contributed by atoms with E-state index in [0.29, 0.717) is 12.5 Å². The van der Waals surface area contributed by atoms with E-state index < -0.39 is 5.82 Å². The van der Waals surface area contributed by atoms with Gasteiger partial charge in [-0.25, -0.2) is 9.37 Å². The van der Waals surface area contributed by atoms with Gasteiger partial charge in [-0.3, -0.25) is 4.68 Å². The molecule has 2 heterocycles. The fourth-order valence-electron chi connectivity index (χ4n) is 1.69. The molecule has 2 N–H and O–H groups in total. The van der Waals surface area contributed by atoms with Crippen molar-refractivity contribution in [3.05, 3.63) is 30.5 Å². The molecule has 108 valence electrons. The predicted molar refractivity (Wildman–Crippen MR) is 76.1 cm³/mol. The first-order chi connectivity index (χ1) is 9.79. The van der Waals surface area contributed by atoms with Gasteiger partial charge in [0.25, 0.3) is 0 Å². The number of anilines is 2. The maximum absolute atomic E-state index is 13.6. The molecular weight excluding hydrogens is 259 g/mol. The number of rotatable bonds is 8. The van der Waals surface area contributed by atoms with Gasteiger partial charge in [-0.1, -0.05) is 6.92 Å². The molecule has 0 aliphatic rings. The average Bonchev–Trinajstić information content (AvgIpc) is 2.97. The van der Waals surface area contributed by atoms with Crippen molar-refractivity contribution < 1.29 is 4.39 Å². The zero-order valence-corrected chi connectivity index (χ0v) is 11.5. The lowest BCUT2D eigenvalue weighted by atomic mass is 10.4. The molecule has 6 nitrogen and oxygen atoms in total. The second-order valence-corrected chi connectivity index (χ2v) is 4.37. The van der Waals surface area contributed by atoms with E-state index in [4.69, 9.17) is 0 Å². The first-order valence-corrected chi connectivity index (χ1v) is 6.77. The highest BCUT2D eigenvalue weighted by Crippen LogP contribution is 2.11. The lowest BCUT2D eigenvalue weighted by Gasteiger charge is -2.09. The van der Waals surface area contributed by atoms with Crippen molar-refractivity contribution >= 4 is 11.8 Å². The van der Waals surface area contributed by atoms with E-state index in [9.17, 15) is 4.39 Å². The third-order valence-electron chi connectivity index (χ3n) is 2.69. The van der Waals surface area contributed by atoms with Crippen molar-refractivity contribution in [3.63, 3.8) is 0 Å². The standard InChI is InChI=1S/C13H19FN6/c1-2-5-16-13-17-10-11(14)12(19-13)15-6-3-8-20-9-4-7-18-20/h4,7,9-10H,2-3,5-6,8H2,1H3,(H2,15,16,17,19). The molecule has 0 aliphatic carbocycles. The van der Waals surface area contributed by atoms with Crippen molar-refractivity contribution in [3.8, 4) is 0 Å². The summed E-state index contributed by atoms with van der Waals surface area (Å²) in [5.74, 6) is 0.244. The summed E-state index contributed by atoms with van der Waals surface area (Å²) in [4.78, 5) is 8.01. The van der Waals surface area contributed by atoms with Gasteiger partial charge < -0.3 is 10.6 Å². The molecule has 0 radical (unpaired) electrons. The minimum atomic E-state index is -0.439. The van der Waals surface area contributed by atoms with Gasteiger partial charge in [0, 0.05) is 32.0 Å². The first kappa shape index (κ1) is 14.2. The van der Waals surface area contributed by atoms with Gasteiger partial charge in [-0.15, -0.1) is 0 Å². The van der Waals surface area contributed by atoms with Crippen LogP contribution in [0.5, 0.6) is 0 Å². The molecule has 0 saturated heterocycles. The average molecular weight is 278 g/mol. The van der Waals surface area contributed by atoms with Gasteiger partial charge in [0.15, 0.2) is 11.6 Å². The van der Waals surface area contributed by atoms with E-state index in [0.717, 1.165) is 25.9 Å². The number of aryl methyl sites for hydroxylation is 1. The van der Waals surface area contributed by atoms with Gasteiger partial charge in [0.1, 0.15) is 0 Å². The van der Waals surface area contributed by atoms with E-state index in [1.54, 1.807) is 6.20 Å². The minimum Gasteiger partial charge on any atom is -0.367 e. The Hall–Kier alpha value is -2.18. The maximum atomic E-state index is 13.6. The summed E-state index contributed by atoms with van der Waals surface area (Å²) >= 11 is 0. The van der Waals surface area contributed by atoms with E-state index in [2.05, 4.69) is 25.7 Å². The Kier molecular flexibility index (Phi) is 5.28. The highest BCUT2D eigenvalue weighted by Gasteiger charge is 2.05. The molecule has 0 fully saturated rings. The van der Waals surface area contributed by atoms with Gasteiger partial charge in [0.05, 0.1) is 6.20 Å². The van der Waals surface area contributed by atoms with Crippen molar-refractivity contribution in [1.82, 2.24) is 19.7 Å². The van der Waals surface area contributed by atoms with Crippen molar-refractivity contribution in [2.24, 2.45) is 0 Å². The topological polar surface area (TPSA) is 67.7 Å². The van der Waals surface area contributed by atoms with E-state index in [1.165, 1.54) is 6.20 Å². The third-order valence-corrected chi connectivity index (χ3v) is 2.69. The molecule has 0 spiro atoms. The summed E-state index contributed by atoms with van der Waals surface area (Å²) in [7, 11) is 0. The van der Waals surface area contributed by atoms with Crippen molar-refractivity contribution in [2.75, 3.05) is 23.7 Å². The molecule has 0 amide bonds. The highest BCUT2D eigenvalue weighted by atomic mass is 19.1. The maximum Gasteiger partial charge on any atom is 0.224 e. The molecule has 2 aromatic heterocycles. The smallest absolute Gasteiger partial charge is 0.224 e. The number of aromatic nitrogens is 4. The molecule has 2 rings (SSSR count). The van der Waals surface area contributed by atoms with Crippen molar-refractivity contribution in [1.29, 1.82) is 0 Å². The van der Waals surface area contributed by atoms with E-state index in [1.807, 2.05) is 23.9 Å². The van der Waals surface area contributed by atoms with E-state index >= 15 is 0 Å². The van der Waals surface area contributed by atoms with Crippen LogP contribution in [-0.4, -0.2) is 32.8 Å². The van der Waals surface area contributed by atoms with Crippen LogP contribution in [0.15, 0.2) is 24.7 Å². The lowest BCUT2D eigenvalue weighted by Crippen LogP contribution is -2.11. The van der Waals surface area contributed by atoms with Gasteiger partial charge in [-0.2, -0.15) is 10.1 Å². The normalized spacial score (nSPS) is 10.5. The van der Waals surface area contributed by atoms with Gasteiger partial charge in [-0.05, 0) is 18.9 Å². The summed E-state index contributed by atoms with van der Waals surface area (Å²) in [6.45, 7) is 4.23. The Bertz CT molecular complexity index is 514. The van der Waals surface area contributed by atoms with Crippen LogP contribution in [0.2, 0.25) is 0 Å². The number of nitrogens with zero attached hydrogens (tertiary/aromatic N) is 4. The molecule has 0 saturated carbocycles. The number of halogens is 1. The summed E-state index contributed by atoms with van der Waals surface area (Å²) in [6, 6.07) is 1.88. The SMILES string of the molecule is CCCNc1ncc(F)c(NCCCn2cccn2)n1. The highest BCUT2D eigenvalue weighted by molar-refractivity contribution is 5.40. The molecule has 0 bridgehead atoms. The Morgan fingerprint density at radius 2 is 2.20 bits per heavy atom. The lowest BCUT2D eigenvalue weighted by molar-refractivity contribution is 0.586. The molecule has 0 unspecified atom stereocenters. The van der Waals surface area contributed by atoms with Crippen LogP contribution in [0.3, 0.4) is 0 Å². The largest absolute Gasteiger partial charge is 0.367 e. The first-order valence-electron chi connectivity index (χ1n) is 6.77. The second kappa shape index (κ2) is 7.42. The summed E-state index contributed by atoms with van der Waals surface area (Å²) in [5.41, 5.74) is 0.